The van der Waals surface area contributed by atoms with E-state index >= 15 is 0 Å². The van der Waals surface area contributed by atoms with Crippen molar-refractivity contribution in [3.05, 3.63) is 65.9 Å². The van der Waals surface area contributed by atoms with E-state index in [-0.39, 0.29) is 16.2 Å². The van der Waals surface area contributed by atoms with Crippen LogP contribution >= 0.6 is 0 Å². The molecule has 0 spiro atoms. The number of aromatic nitrogens is 1. The van der Waals surface area contributed by atoms with Crippen molar-refractivity contribution in [2.45, 2.75) is 4.90 Å². The number of carbonyl (C=O) groups excluding carboxylic acids is 1. The molecule has 0 unspecified atom stereocenters. The average molecular weight is 386 g/mol. The lowest BCUT2D eigenvalue weighted by atomic mass is 10.2. The van der Waals surface area contributed by atoms with Crippen LogP contribution in [-0.2, 0) is 10.0 Å². The van der Waals surface area contributed by atoms with Crippen molar-refractivity contribution in [2.24, 2.45) is 0 Å². The van der Waals surface area contributed by atoms with Crippen molar-refractivity contribution < 1.29 is 27.9 Å². The number of carboxylic acid groups (broad SMARTS) is 1. The third-order valence-corrected chi connectivity index (χ3v) is 5.11. The topological polar surface area (TPSA) is 123 Å². The first-order valence-corrected chi connectivity index (χ1v) is 9.14. The van der Waals surface area contributed by atoms with Crippen LogP contribution in [0.15, 0.2) is 59.5 Å². The van der Waals surface area contributed by atoms with Crippen molar-refractivity contribution in [1.29, 1.82) is 0 Å². The molecule has 0 aliphatic carbocycles. The van der Waals surface area contributed by atoms with Gasteiger partial charge in [-0.25, -0.2) is 22.9 Å². The predicted molar refractivity (Wildman–Crippen MR) is 96.3 cm³/mol. The lowest BCUT2D eigenvalue weighted by molar-refractivity contribution is 0.0696. The third-order valence-electron chi connectivity index (χ3n) is 3.77. The molecule has 2 N–H and O–H groups in total. The van der Waals surface area contributed by atoms with E-state index in [1.807, 2.05) is 4.72 Å². The Morgan fingerprint density at radius 3 is 2.37 bits per heavy atom. The van der Waals surface area contributed by atoms with Gasteiger partial charge in [-0.3, -0.25) is 4.79 Å². The highest BCUT2D eigenvalue weighted by Gasteiger charge is 2.20. The number of aromatic carboxylic acids is 1. The second-order valence-corrected chi connectivity index (χ2v) is 7.20. The fraction of sp³-hybridized carbons (Fsp3) is 0.0556. The highest BCUT2D eigenvalue weighted by Crippen LogP contribution is 2.20. The molecule has 1 amide bonds. The fourth-order valence-electron chi connectivity index (χ4n) is 2.37. The fourth-order valence-corrected chi connectivity index (χ4v) is 3.33. The lowest BCUT2D eigenvalue weighted by Gasteiger charge is -2.08. The van der Waals surface area contributed by atoms with Gasteiger partial charge < -0.3 is 9.84 Å². The number of nitrogens with zero attached hydrogens (tertiary/aromatic N) is 1. The predicted octanol–water partition coefficient (Wildman–Crippen LogP) is 2.06. The molecule has 0 aliphatic rings. The number of amides is 1. The Labute approximate surface area is 154 Å². The number of hydrogen-bond acceptors (Lipinski definition) is 6. The summed E-state index contributed by atoms with van der Waals surface area (Å²) in [6.45, 7) is 0. The Kier molecular flexibility index (Phi) is 4.78. The number of methoxy groups -OCH3 is 1. The average Bonchev–Trinajstić information content (AvgIpc) is 2.66. The molecule has 0 radical (unpaired) electrons. The molecular weight excluding hydrogens is 372 g/mol. The summed E-state index contributed by atoms with van der Waals surface area (Å²) in [6, 6.07) is 12.6. The van der Waals surface area contributed by atoms with Gasteiger partial charge in [0.05, 0.1) is 23.1 Å². The SMILES string of the molecule is COc1ccc2nc(C(=O)NS(=O)(=O)c3ccc(C(=O)O)cc3)ccc2c1. The van der Waals surface area contributed by atoms with Gasteiger partial charge in [0.25, 0.3) is 15.9 Å². The smallest absolute Gasteiger partial charge is 0.335 e. The molecule has 2 aromatic carbocycles. The van der Waals surface area contributed by atoms with Gasteiger partial charge in [0.1, 0.15) is 11.4 Å². The molecule has 0 saturated carbocycles. The lowest BCUT2D eigenvalue weighted by Crippen LogP contribution is -2.31. The summed E-state index contributed by atoms with van der Waals surface area (Å²) in [4.78, 5) is 27.1. The van der Waals surface area contributed by atoms with Crippen LogP contribution in [0.25, 0.3) is 10.9 Å². The quantitative estimate of drug-likeness (QED) is 0.688. The van der Waals surface area contributed by atoms with Gasteiger partial charge >= 0.3 is 5.97 Å². The molecule has 0 saturated heterocycles. The summed E-state index contributed by atoms with van der Waals surface area (Å²) < 4.78 is 31.7. The van der Waals surface area contributed by atoms with Crippen molar-refractivity contribution in [2.75, 3.05) is 7.11 Å². The molecule has 0 bridgehead atoms. The maximum Gasteiger partial charge on any atom is 0.335 e. The molecule has 0 fully saturated rings. The number of rotatable bonds is 5. The summed E-state index contributed by atoms with van der Waals surface area (Å²) in [5.74, 6) is -1.44. The van der Waals surface area contributed by atoms with Gasteiger partial charge in [-0.05, 0) is 48.5 Å². The molecule has 3 rings (SSSR count). The molecule has 9 heteroatoms. The van der Waals surface area contributed by atoms with Crippen LogP contribution < -0.4 is 9.46 Å². The van der Waals surface area contributed by atoms with Crippen LogP contribution in [0, 0.1) is 0 Å². The molecule has 1 aromatic heterocycles. The van der Waals surface area contributed by atoms with Gasteiger partial charge in [-0.2, -0.15) is 0 Å². The molecule has 138 valence electrons. The normalized spacial score (nSPS) is 11.1. The maximum atomic E-state index is 12.3. The number of carboxylic acids is 1. The Morgan fingerprint density at radius 2 is 1.74 bits per heavy atom. The number of fused-ring (bicyclic) bond motifs is 1. The number of pyridine rings is 1. The van der Waals surface area contributed by atoms with E-state index < -0.39 is 21.9 Å². The first-order chi connectivity index (χ1) is 12.8. The van der Waals surface area contributed by atoms with E-state index in [2.05, 4.69) is 4.98 Å². The minimum Gasteiger partial charge on any atom is -0.497 e. The second-order valence-electron chi connectivity index (χ2n) is 5.52. The second kappa shape index (κ2) is 7.04. The largest absolute Gasteiger partial charge is 0.497 e. The standard InChI is InChI=1S/C18H14N2O6S/c1-26-13-5-9-15-12(10-13)4-8-16(19-15)17(21)20-27(24,25)14-6-2-11(3-7-14)18(22)23/h2-10H,1H3,(H,20,21)(H,22,23). The molecule has 0 aliphatic heterocycles. The van der Waals surface area contributed by atoms with Gasteiger partial charge in [0.15, 0.2) is 0 Å². The Balaban J connectivity index is 1.85. The van der Waals surface area contributed by atoms with Crippen molar-refractivity contribution in [3.63, 3.8) is 0 Å². The Morgan fingerprint density at radius 1 is 1.04 bits per heavy atom. The van der Waals surface area contributed by atoms with Gasteiger partial charge in [0.2, 0.25) is 0 Å². The summed E-state index contributed by atoms with van der Waals surface area (Å²) in [7, 11) is -2.63. The van der Waals surface area contributed by atoms with Crippen LogP contribution in [0.2, 0.25) is 0 Å². The Hall–Kier alpha value is -3.46. The van der Waals surface area contributed by atoms with Crippen LogP contribution in [0.5, 0.6) is 5.75 Å². The first kappa shape index (κ1) is 18.3. The summed E-state index contributed by atoms with van der Waals surface area (Å²) in [6.07, 6.45) is 0. The van der Waals surface area contributed by atoms with Crippen molar-refractivity contribution in [1.82, 2.24) is 9.71 Å². The minimum atomic E-state index is -4.17. The zero-order valence-corrected chi connectivity index (χ0v) is 14.9. The van der Waals surface area contributed by atoms with Crippen LogP contribution in [-0.4, -0.2) is 37.5 Å². The van der Waals surface area contributed by atoms with E-state index in [0.717, 1.165) is 29.7 Å². The van der Waals surface area contributed by atoms with Crippen molar-refractivity contribution in [3.8, 4) is 5.75 Å². The van der Waals surface area contributed by atoms with Crippen LogP contribution in [0.3, 0.4) is 0 Å². The van der Waals surface area contributed by atoms with E-state index in [0.29, 0.717) is 11.3 Å². The van der Waals surface area contributed by atoms with Gasteiger partial charge in [-0.1, -0.05) is 6.07 Å². The molecule has 3 aromatic rings. The Bertz CT molecular complexity index is 1140. The number of sulfonamides is 1. The monoisotopic (exact) mass is 386 g/mol. The molecule has 27 heavy (non-hydrogen) atoms. The maximum absolute atomic E-state index is 12.3. The van der Waals surface area contributed by atoms with Crippen LogP contribution in [0.1, 0.15) is 20.8 Å². The number of carbonyl (C=O) groups is 2. The van der Waals surface area contributed by atoms with Crippen molar-refractivity contribution >= 4 is 32.8 Å². The third kappa shape index (κ3) is 3.87. The molecule has 8 nitrogen and oxygen atoms in total. The van der Waals surface area contributed by atoms with Gasteiger partial charge in [0, 0.05) is 5.39 Å². The summed E-state index contributed by atoms with van der Waals surface area (Å²) in [5.41, 5.74) is 0.372. The molecular formula is C18H14N2O6S. The van der Waals surface area contributed by atoms with E-state index in [9.17, 15) is 18.0 Å². The zero-order chi connectivity index (χ0) is 19.6. The number of benzene rings is 2. The molecule has 0 atom stereocenters. The summed E-state index contributed by atoms with van der Waals surface area (Å²) in [5, 5.41) is 9.59. The highest BCUT2D eigenvalue weighted by molar-refractivity contribution is 7.90. The highest BCUT2D eigenvalue weighted by atomic mass is 32.2. The molecule has 1 heterocycles. The number of hydrogen-bond donors (Lipinski definition) is 2. The first-order valence-electron chi connectivity index (χ1n) is 7.65. The van der Waals surface area contributed by atoms with E-state index in [4.69, 9.17) is 9.84 Å². The van der Waals surface area contributed by atoms with Crippen LogP contribution in [0.4, 0.5) is 0 Å². The van der Waals surface area contributed by atoms with E-state index in [1.165, 1.54) is 13.2 Å². The van der Waals surface area contributed by atoms with Gasteiger partial charge in [-0.15, -0.1) is 0 Å². The zero-order valence-electron chi connectivity index (χ0n) is 14.0. The minimum absolute atomic E-state index is 0.0631. The number of nitrogens with one attached hydrogen (secondary N) is 1. The summed E-state index contributed by atoms with van der Waals surface area (Å²) >= 11 is 0. The number of ether oxygens (including phenoxy) is 1. The van der Waals surface area contributed by atoms with E-state index in [1.54, 1.807) is 24.3 Å².